The number of nitrogens with two attached hydrogens (primary N) is 1. The Bertz CT molecular complexity index is 1330. The van der Waals surface area contributed by atoms with Crippen molar-refractivity contribution in [1.29, 1.82) is 0 Å². The van der Waals surface area contributed by atoms with Gasteiger partial charge in [-0.2, -0.15) is 10.2 Å². The number of anilines is 1. The number of H-pyrrole nitrogens is 1. The van der Waals surface area contributed by atoms with Crippen LogP contribution >= 0.6 is 11.6 Å². The third-order valence-corrected chi connectivity index (χ3v) is 7.06. The second-order valence-corrected chi connectivity index (χ2v) is 8.99. The van der Waals surface area contributed by atoms with Gasteiger partial charge in [0.1, 0.15) is 17.4 Å². The number of aromatic amines is 1. The summed E-state index contributed by atoms with van der Waals surface area (Å²) in [5.74, 6) is 0.707. The van der Waals surface area contributed by atoms with E-state index in [1.807, 2.05) is 32.3 Å². The van der Waals surface area contributed by atoms with Gasteiger partial charge >= 0.3 is 0 Å². The molecule has 2 bridgehead atoms. The highest BCUT2D eigenvalue weighted by molar-refractivity contribution is 6.38. The summed E-state index contributed by atoms with van der Waals surface area (Å²) in [6, 6.07) is 3.36. The normalized spacial score (nSPS) is 25.8. The molecule has 5 heterocycles. The molecule has 3 N–H and O–H groups in total. The number of fused-ring (bicyclic) bond motifs is 4. The van der Waals surface area contributed by atoms with Gasteiger partial charge in [-0.25, -0.2) is 14.4 Å². The maximum atomic E-state index is 14.8. The monoisotopic (exact) mass is 440 g/mol. The Morgan fingerprint density at radius 1 is 1.26 bits per heavy atom. The van der Waals surface area contributed by atoms with Crippen LogP contribution in [0.3, 0.4) is 0 Å². The molecule has 1 aromatic carbocycles. The Balaban J connectivity index is 1.46. The molecular formula is C21H22ClFN8. The first-order valence-electron chi connectivity index (χ1n) is 10.5. The van der Waals surface area contributed by atoms with Crippen LogP contribution in [0.2, 0.25) is 5.02 Å². The van der Waals surface area contributed by atoms with Crippen molar-refractivity contribution in [2.75, 3.05) is 4.90 Å². The van der Waals surface area contributed by atoms with Gasteiger partial charge in [-0.1, -0.05) is 11.6 Å². The minimum absolute atomic E-state index is 0.197. The fourth-order valence-corrected chi connectivity index (χ4v) is 5.52. The highest BCUT2D eigenvalue weighted by Crippen LogP contribution is 2.41. The van der Waals surface area contributed by atoms with Gasteiger partial charge < -0.3 is 10.6 Å². The molecule has 0 spiro atoms. The fourth-order valence-electron chi connectivity index (χ4n) is 5.22. The molecule has 160 valence electrons. The summed E-state index contributed by atoms with van der Waals surface area (Å²) in [5.41, 5.74) is 10.2. The molecule has 4 atom stereocenters. The minimum Gasteiger partial charge on any atom is -0.346 e. The van der Waals surface area contributed by atoms with Crippen LogP contribution in [0.5, 0.6) is 0 Å². The average molecular weight is 441 g/mol. The number of aryl methyl sites for hydroxylation is 2. The summed E-state index contributed by atoms with van der Waals surface area (Å²) in [5, 5.41) is 13.3. The summed E-state index contributed by atoms with van der Waals surface area (Å²) in [6.45, 7) is 1.91. The number of nitrogens with one attached hydrogen (secondary N) is 1. The number of alkyl halides is 1. The number of benzene rings is 1. The molecule has 31 heavy (non-hydrogen) atoms. The SMILES string of the molecule is Cc1nc2c(-c3ccc4nn(C)cc4c3Cl)n[nH]c2nc1N1[C@H]2CC[C@@H]1[C@@H](F)[C@@H](N)C2. The number of rotatable bonds is 2. The molecular weight excluding hydrogens is 419 g/mol. The topological polar surface area (TPSA) is 102 Å². The lowest BCUT2D eigenvalue weighted by Crippen LogP contribution is -2.56. The van der Waals surface area contributed by atoms with Crippen molar-refractivity contribution in [2.24, 2.45) is 12.8 Å². The van der Waals surface area contributed by atoms with Crippen molar-refractivity contribution in [1.82, 2.24) is 29.9 Å². The van der Waals surface area contributed by atoms with Crippen LogP contribution < -0.4 is 10.6 Å². The van der Waals surface area contributed by atoms with E-state index in [4.69, 9.17) is 27.3 Å². The lowest BCUT2D eigenvalue weighted by molar-refractivity contribution is 0.203. The van der Waals surface area contributed by atoms with Gasteiger partial charge in [-0.15, -0.1) is 0 Å². The third-order valence-electron chi connectivity index (χ3n) is 6.65. The second-order valence-electron chi connectivity index (χ2n) is 8.61. The van der Waals surface area contributed by atoms with Crippen LogP contribution in [0, 0.1) is 6.92 Å². The molecule has 0 radical (unpaired) electrons. The first-order chi connectivity index (χ1) is 14.9. The van der Waals surface area contributed by atoms with Gasteiger partial charge in [0.05, 0.1) is 22.3 Å². The summed E-state index contributed by atoms with van der Waals surface area (Å²) in [7, 11) is 1.86. The standard InChI is InChI=1S/C21H22ClFN8/c1-9-21(31-10-3-6-15(31)17(23)13(24)7-10)26-20-19(25-9)18(27-28-20)11-4-5-14-12(16(11)22)8-30(2)29-14/h4-5,8,10,13,15,17H,3,6-7,24H2,1-2H3,(H,26,27,28)/t10-,13-,15+,17-/m0/s1. The molecule has 8 nitrogen and oxygen atoms in total. The molecule has 0 aliphatic carbocycles. The van der Waals surface area contributed by atoms with Crippen LogP contribution in [0.15, 0.2) is 18.3 Å². The fraction of sp³-hybridized carbons (Fsp3) is 0.429. The molecule has 10 heteroatoms. The van der Waals surface area contributed by atoms with Crippen LogP contribution in [-0.4, -0.2) is 54.2 Å². The van der Waals surface area contributed by atoms with Crippen molar-refractivity contribution >= 4 is 39.5 Å². The Hall–Kier alpha value is -2.78. The van der Waals surface area contributed by atoms with Crippen molar-refractivity contribution in [2.45, 2.75) is 50.5 Å². The second kappa shape index (κ2) is 6.61. The summed E-state index contributed by atoms with van der Waals surface area (Å²) >= 11 is 6.70. The van der Waals surface area contributed by atoms with E-state index >= 15 is 0 Å². The smallest absolute Gasteiger partial charge is 0.177 e. The number of piperidine rings is 1. The first-order valence-corrected chi connectivity index (χ1v) is 10.8. The van der Waals surface area contributed by atoms with E-state index in [0.29, 0.717) is 34.1 Å². The van der Waals surface area contributed by atoms with Crippen LogP contribution in [0.1, 0.15) is 25.0 Å². The van der Waals surface area contributed by atoms with Crippen LogP contribution in [0.25, 0.3) is 33.3 Å². The maximum absolute atomic E-state index is 14.8. The molecule has 2 aliphatic rings. The van der Waals surface area contributed by atoms with E-state index in [0.717, 1.165) is 35.0 Å². The van der Waals surface area contributed by atoms with E-state index in [1.54, 1.807) is 4.68 Å². The van der Waals surface area contributed by atoms with Crippen LogP contribution in [-0.2, 0) is 7.05 Å². The van der Waals surface area contributed by atoms with E-state index in [-0.39, 0.29) is 12.1 Å². The molecule has 2 aliphatic heterocycles. The van der Waals surface area contributed by atoms with Crippen molar-refractivity contribution in [3.05, 3.63) is 29.0 Å². The van der Waals surface area contributed by atoms with Gasteiger partial charge in [0.2, 0.25) is 0 Å². The van der Waals surface area contributed by atoms with Gasteiger partial charge in [-0.3, -0.25) is 9.78 Å². The molecule has 0 saturated carbocycles. The molecule has 2 fully saturated rings. The zero-order valence-electron chi connectivity index (χ0n) is 17.2. The molecule has 6 rings (SSSR count). The average Bonchev–Trinajstić information content (AvgIpc) is 3.41. The number of halogens is 2. The highest BCUT2D eigenvalue weighted by atomic mass is 35.5. The van der Waals surface area contributed by atoms with Crippen LogP contribution in [0.4, 0.5) is 10.2 Å². The third kappa shape index (κ3) is 2.69. The van der Waals surface area contributed by atoms with Crippen molar-refractivity contribution in [3.8, 4) is 11.3 Å². The lowest BCUT2D eigenvalue weighted by Gasteiger charge is -2.41. The van der Waals surface area contributed by atoms with E-state index in [1.165, 1.54) is 0 Å². The summed E-state index contributed by atoms with van der Waals surface area (Å²) in [6.07, 6.45) is 3.17. The number of aromatic nitrogens is 6. The van der Waals surface area contributed by atoms with E-state index in [2.05, 4.69) is 20.2 Å². The van der Waals surface area contributed by atoms with E-state index in [9.17, 15) is 4.39 Å². The Morgan fingerprint density at radius 2 is 2.10 bits per heavy atom. The highest BCUT2D eigenvalue weighted by Gasteiger charge is 2.47. The zero-order chi connectivity index (χ0) is 21.4. The quantitative estimate of drug-likeness (QED) is 0.496. The molecule has 4 aromatic rings. The maximum Gasteiger partial charge on any atom is 0.177 e. The number of nitrogens with zero attached hydrogens (tertiary/aromatic N) is 6. The Kier molecular flexibility index (Phi) is 4.04. The molecule has 3 aromatic heterocycles. The summed E-state index contributed by atoms with van der Waals surface area (Å²) < 4.78 is 16.5. The number of hydrogen-bond donors (Lipinski definition) is 2. The molecule has 2 saturated heterocycles. The van der Waals surface area contributed by atoms with Gasteiger partial charge in [0.15, 0.2) is 11.5 Å². The molecule has 0 unspecified atom stereocenters. The minimum atomic E-state index is -1.06. The summed E-state index contributed by atoms with van der Waals surface area (Å²) in [4.78, 5) is 11.7. The number of hydrogen-bond acceptors (Lipinski definition) is 6. The van der Waals surface area contributed by atoms with Gasteiger partial charge in [-0.05, 0) is 38.3 Å². The zero-order valence-corrected chi connectivity index (χ0v) is 17.9. The predicted octanol–water partition coefficient (Wildman–Crippen LogP) is 3.27. The van der Waals surface area contributed by atoms with Gasteiger partial charge in [0, 0.05) is 36.3 Å². The Labute approximate surface area is 182 Å². The molecule has 0 amide bonds. The van der Waals surface area contributed by atoms with E-state index < -0.39 is 12.2 Å². The lowest BCUT2D eigenvalue weighted by atomic mass is 9.96. The van der Waals surface area contributed by atoms with Crippen molar-refractivity contribution in [3.63, 3.8) is 0 Å². The van der Waals surface area contributed by atoms with Crippen molar-refractivity contribution < 1.29 is 4.39 Å². The largest absolute Gasteiger partial charge is 0.346 e. The predicted molar refractivity (Wildman–Crippen MR) is 118 cm³/mol. The first kappa shape index (κ1) is 18.9. The van der Waals surface area contributed by atoms with Gasteiger partial charge in [0.25, 0.3) is 0 Å². The Morgan fingerprint density at radius 3 is 2.94 bits per heavy atom.